The summed E-state index contributed by atoms with van der Waals surface area (Å²) in [6, 6.07) is 0. The van der Waals surface area contributed by atoms with Gasteiger partial charge in [-0.15, -0.1) is 0 Å². The number of hydrogen-bond acceptors (Lipinski definition) is 7. The highest BCUT2D eigenvalue weighted by Crippen LogP contribution is 2.39. The molecule has 0 aromatic rings. The SMILES string of the molecule is CC1OC(O[C@H]2C(C)OC(O[C@H]3C(C)OC(O)C(C)[C@H]3C)C(C)[C@H]2O)C(C)[C@@H](C)C1C. The average molecular weight is 445 g/mol. The molecule has 7 heteroatoms. The van der Waals surface area contributed by atoms with E-state index in [1.165, 1.54) is 0 Å². The van der Waals surface area contributed by atoms with Crippen molar-refractivity contribution >= 4 is 0 Å². The van der Waals surface area contributed by atoms with Gasteiger partial charge in [0.2, 0.25) is 0 Å². The lowest BCUT2D eigenvalue weighted by Crippen LogP contribution is -2.59. The first-order valence-corrected chi connectivity index (χ1v) is 12.1. The first-order chi connectivity index (χ1) is 14.4. The van der Waals surface area contributed by atoms with Gasteiger partial charge in [-0.05, 0) is 38.5 Å². The summed E-state index contributed by atoms with van der Waals surface area (Å²) in [5.74, 6) is 0.913. The summed E-state index contributed by atoms with van der Waals surface area (Å²) in [6.07, 6.45) is -3.71. The Morgan fingerprint density at radius 2 is 1.00 bits per heavy atom. The minimum atomic E-state index is -0.790. The minimum absolute atomic E-state index is 0.0464. The van der Waals surface area contributed by atoms with Crippen LogP contribution in [-0.2, 0) is 23.7 Å². The Balaban J connectivity index is 1.65. The molecule has 7 nitrogen and oxygen atoms in total. The Labute approximate surface area is 187 Å². The molecule has 15 atom stereocenters. The third kappa shape index (κ3) is 4.98. The molecule has 10 unspecified atom stereocenters. The second-order valence-electron chi connectivity index (χ2n) is 10.5. The predicted octanol–water partition coefficient (Wildman–Crippen LogP) is 3.16. The van der Waals surface area contributed by atoms with Crippen molar-refractivity contribution in [1.82, 2.24) is 0 Å². The van der Waals surface area contributed by atoms with Crippen LogP contribution in [0.2, 0.25) is 0 Å². The molecule has 0 saturated carbocycles. The van der Waals surface area contributed by atoms with Crippen molar-refractivity contribution in [2.45, 2.75) is 118 Å². The maximum Gasteiger partial charge on any atom is 0.163 e. The van der Waals surface area contributed by atoms with Crippen LogP contribution in [0.3, 0.4) is 0 Å². The summed E-state index contributed by atoms with van der Waals surface area (Å²) in [5.41, 5.74) is 0. The van der Waals surface area contributed by atoms with E-state index in [-0.39, 0.29) is 54.4 Å². The molecule has 0 spiro atoms. The molecule has 3 rings (SSSR count). The van der Waals surface area contributed by atoms with Crippen LogP contribution in [0.25, 0.3) is 0 Å². The third-order valence-electron chi connectivity index (χ3n) is 8.49. The van der Waals surface area contributed by atoms with Gasteiger partial charge in [-0.1, -0.05) is 41.5 Å². The van der Waals surface area contributed by atoms with Crippen molar-refractivity contribution in [2.75, 3.05) is 0 Å². The van der Waals surface area contributed by atoms with E-state index in [9.17, 15) is 10.2 Å². The fourth-order valence-corrected chi connectivity index (χ4v) is 5.22. The summed E-state index contributed by atoms with van der Waals surface area (Å²) in [6.45, 7) is 18.4. The number of rotatable bonds is 4. The van der Waals surface area contributed by atoms with E-state index in [4.69, 9.17) is 23.7 Å². The highest BCUT2D eigenvalue weighted by molar-refractivity contribution is 4.91. The van der Waals surface area contributed by atoms with Crippen LogP contribution in [-0.4, -0.2) is 65.7 Å². The zero-order valence-electron chi connectivity index (χ0n) is 20.6. The van der Waals surface area contributed by atoms with E-state index in [0.717, 1.165) is 0 Å². The molecular formula is C24H44O7. The molecule has 3 saturated heterocycles. The predicted molar refractivity (Wildman–Crippen MR) is 116 cm³/mol. The van der Waals surface area contributed by atoms with Gasteiger partial charge in [-0.3, -0.25) is 0 Å². The number of hydrogen-bond donors (Lipinski definition) is 2. The Morgan fingerprint density at radius 3 is 1.65 bits per heavy atom. The summed E-state index contributed by atoms with van der Waals surface area (Å²) < 4.78 is 30.7. The minimum Gasteiger partial charge on any atom is -0.390 e. The van der Waals surface area contributed by atoms with Crippen molar-refractivity contribution in [3.05, 3.63) is 0 Å². The molecule has 0 aromatic carbocycles. The maximum absolute atomic E-state index is 11.1. The molecule has 182 valence electrons. The van der Waals surface area contributed by atoms with Gasteiger partial charge >= 0.3 is 0 Å². The zero-order valence-corrected chi connectivity index (χ0v) is 20.6. The molecular weight excluding hydrogens is 400 g/mol. The topological polar surface area (TPSA) is 86.6 Å². The smallest absolute Gasteiger partial charge is 0.163 e. The Morgan fingerprint density at radius 1 is 0.484 bits per heavy atom. The Kier molecular flexibility index (Phi) is 8.11. The lowest BCUT2D eigenvalue weighted by molar-refractivity contribution is -0.348. The van der Waals surface area contributed by atoms with Crippen LogP contribution >= 0.6 is 0 Å². The molecule has 31 heavy (non-hydrogen) atoms. The Hall–Kier alpha value is -0.280. The van der Waals surface area contributed by atoms with Gasteiger partial charge in [-0.2, -0.15) is 0 Å². The molecule has 3 fully saturated rings. The summed E-state index contributed by atoms with van der Waals surface area (Å²) in [7, 11) is 0. The van der Waals surface area contributed by atoms with Gasteiger partial charge in [0.05, 0.1) is 30.5 Å². The molecule has 2 N–H and O–H groups in total. The second-order valence-corrected chi connectivity index (χ2v) is 10.5. The largest absolute Gasteiger partial charge is 0.390 e. The molecule has 3 heterocycles. The lowest BCUT2D eigenvalue weighted by atomic mass is 9.79. The van der Waals surface area contributed by atoms with E-state index in [0.29, 0.717) is 11.8 Å². The summed E-state index contributed by atoms with van der Waals surface area (Å²) >= 11 is 0. The fourth-order valence-electron chi connectivity index (χ4n) is 5.22. The molecule has 0 amide bonds. The maximum atomic E-state index is 11.1. The summed E-state index contributed by atoms with van der Waals surface area (Å²) in [5, 5.41) is 21.2. The molecule has 0 radical (unpaired) electrons. The molecule has 0 aromatic heterocycles. The highest BCUT2D eigenvalue weighted by atomic mass is 16.7. The van der Waals surface area contributed by atoms with Crippen LogP contribution in [0.4, 0.5) is 0 Å². The van der Waals surface area contributed by atoms with E-state index in [1.54, 1.807) is 0 Å². The van der Waals surface area contributed by atoms with Crippen LogP contribution in [0.1, 0.15) is 62.3 Å². The van der Waals surface area contributed by atoms with Gasteiger partial charge < -0.3 is 33.9 Å². The van der Waals surface area contributed by atoms with Crippen LogP contribution in [0.15, 0.2) is 0 Å². The first kappa shape index (κ1) is 25.3. The van der Waals surface area contributed by atoms with Gasteiger partial charge in [0.1, 0.15) is 6.10 Å². The van der Waals surface area contributed by atoms with Crippen LogP contribution < -0.4 is 0 Å². The summed E-state index contributed by atoms with van der Waals surface area (Å²) in [4.78, 5) is 0. The standard InChI is InChI=1S/C24H44O7/c1-10-11(2)16(7)28-23(14(10)5)31-21-18(9)29-24(15(6)19(21)25)30-20-12(3)13(4)22(26)27-17(20)8/h10-26H,1-9H3/t10-,11?,12+,13?,14?,15?,16?,17?,18?,19+,20+,21-,22?,23?,24?/m0/s1. The molecule has 0 bridgehead atoms. The quantitative estimate of drug-likeness (QED) is 0.689. The van der Waals surface area contributed by atoms with Gasteiger partial charge in [-0.25, -0.2) is 0 Å². The first-order valence-electron chi connectivity index (χ1n) is 12.1. The van der Waals surface area contributed by atoms with E-state index < -0.39 is 24.8 Å². The Bertz CT molecular complexity index is 588. The number of aliphatic hydroxyl groups is 2. The van der Waals surface area contributed by atoms with E-state index in [1.807, 2.05) is 27.7 Å². The molecule has 3 aliphatic heterocycles. The van der Waals surface area contributed by atoms with Crippen molar-refractivity contribution in [3.63, 3.8) is 0 Å². The van der Waals surface area contributed by atoms with Crippen molar-refractivity contribution in [1.29, 1.82) is 0 Å². The van der Waals surface area contributed by atoms with Gasteiger partial charge in [0, 0.05) is 17.8 Å². The third-order valence-corrected chi connectivity index (χ3v) is 8.49. The zero-order chi connectivity index (χ0) is 23.2. The van der Waals surface area contributed by atoms with E-state index >= 15 is 0 Å². The van der Waals surface area contributed by atoms with Crippen LogP contribution in [0, 0.1) is 35.5 Å². The average Bonchev–Trinajstić information content (AvgIpc) is 2.72. The van der Waals surface area contributed by atoms with E-state index in [2.05, 4.69) is 34.6 Å². The van der Waals surface area contributed by atoms with Crippen LogP contribution in [0.5, 0.6) is 0 Å². The highest BCUT2D eigenvalue weighted by Gasteiger charge is 2.48. The number of ether oxygens (including phenoxy) is 5. The van der Waals surface area contributed by atoms with Crippen molar-refractivity contribution in [2.24, 2.45) is 35.5 Å². The number of aliphatic hydroxyl groups excluding tert-OH is 2. The van der Waals surface area contributed by atoms with Gasteiger partial charge in [0.15, 0.2) is 18.9 Å². The normalized spacial score (nSPS) is 56.4. The van der Waals surface area contributed by atoms with Gasteiger partial charge in [0.25, 0.3) is 0 Å². The lowest BCUT2D eigenvalue weighted by Gasteiger charge is -2.49. The van der Waals surface area contributed by atoms with Crippen molar-refractivity contribution in [3.8, 4) is 0 Å². The van der Waals surface area contributed by atoms with Crippen molar-refractivity contribution < 1.29 is 33.9 Å². The fraction of sp³-hybridized carbons (Fsp3) is 1.00. The monoisotopic (exact) mass is 444 g/mol. The molecule has 3 aliphatic rings. The molecule has 0 aliphatic carbocycles. The second kappa shape index (κ2) is 9.92.